The quantitative estimate of drug-likeness (QED) is 0.715. The number of benzene rings is 1. The fraction of sp³-hybridized carbons (Fsp3) is 0.158. The van der Waals surface area contributed by atoms with Crippen LogP contribution in [0.4, 0.5) is 0 Å². The van der Waals surface area contributed by atoms with E-state index in [2.05, 4.69) is 5.32 Å². The van der Waals surface area contributed by atoms with Gasteiger partial charge in [0.2, 0.25) is 0 Å². The predicted molar refractivity (Wildman–Crippen MR) is 95.8 cm³/mol. The van der Waals surface area contributed by atoms with E-state index in [0.717, 1.165) is 5.56 Å². The minimum Gasteiger partial charge on any atom is -0.467 e. The van der Waals surface area contributed by atoms with Gasteiger partial charge in [-0.3, -0.25) is 9.59 Å². The molecule has 2 amide bonds. The van der Waals surface area contributed by atoms with Crippen molar-refractivity contribution in [3.63, 3.8) is 0 Å². The van der Waals surface area contributed by atoms with Gasteiger partial charge in [0.15, 0.2) is 11.0 Å². The van der Waals surface area contributed by atoms with Crippen LogP contribution in [0.3, 0.4) is 0 Å². The van der Waals surface area contributed by atoms with Crippen LogP contribution >= 0.6 is 11.6 Å². The smallest absolute Gasteiger partial charge is 0.290 e. The minimum atomic E-state index is -0.302. The molecule has 6 nitrogen and oxygen atoms in total. The Balaban J connectivity index is 1.81. The number of carbonyl (C=O) groups is 2. The van der Waals surface area contributed by atoms with Gasteiger partial charge in [0.1, 0.15) is 5.76 Å². The van der Waals surface area contributed by atoms with E-state index >= 15 is 0 Å². The molecule has 0 radical (unpaired) electrons. The molecular weight excluding hydrogens is 356 g/mol. The number of nitrogens with one attached hydrogen (secondary N) is 1. The molecule has 0 fully saturated rings. The van der Waals surface area contributed by atoms with Gasteiger partial charge in [0.25, 0.3) is 11.8 Å². The standard InChI is InChI=1S/C19H17ClN2O4/c1-21-18(23)14-6-4-13(5-7-14)11-22(12-15-3-2-10-25-15)19(24)16-8-9-17(20)26-16/h2-10H,11-12H2,1H3,(H,21,23). The zero-order valence-electron chi connectivity index (χ0n) is 14.1. The number of nitrogens with zero attached hydrogens (tertiary/aromatic N) is 1. The highest BCUT2D eigenvalue weighted by Gasteiger charge is 2.21. The van der Waals surface area contributed by atoms with Crippen molar-refractivity contribution in [2.75, 3.05) is 7.05 Å². The zero-order chi connectivity index (χ0) is 18.5. The van der Waals surface area contributed by atoms with Crippen LogP contribution in [0.25, 0.3) is 0 Å². The normalized spacial score (nSPS) is 10.5. The van der Waals surface area contributed by atoms with Crippen LogP contribution in [0, 0.1) is 0 Å². The first kappa shape index (κ1) is 17.8. The molecule has 0 spiro atoms. The van der Waals surface area contributed by atoms with Crippen molar-refractivity contribution in [3.05, 3.63) is 82.7 Å². The third-order valence-electron chi connectivity index (χ3n) is 3.81. The van der Waals surface area contributed by atoms with Crippen molar-refractivity contribution < 1.29 is 18.4 Å². The second-order valence-electron chi connectivity index (χ2n) is 5.62. The van der Waals surface area contributed by atoms with E-state index in [1.54, 1.807) is 42.5 Å². The first-order valence-corrected chi connectivity index (χ1v) is 8.32. The molecule has 2 aromatic heterocycles. The highest BCUT2D eigenvalue weighted by Crippen LogP contribution is 2.19. The highest BCUT2D eigenvalue weighted by atomic mass is 35.5. The maximum Gasteiger partial charge on any atom is 0.290 e. The lowest BCUT2D eigenvalue weighted by atomic mass is 10.1. The number of rotatable bonds is 6. The summed E-state index contributed by atoms with van der Waals surface area (Å²) in [6.45, 7) is 0.604. The number of furan rings is 2. The third-order valence-corrected chi connectivity index (χ3v) is 4.02. The molecule has 3 rings (SSSR count). The van der Waals surface area contributed by atoms with Gasteiger partial charge in [0.05, 0.1) is 12.8 Å². The fourth-order valence-electron chi connectivity index (χ4n) is 2.50. The Hall–Kier alpha value is -2.99. The van der Waals surface area contributed by atoms with Crippen LogP contribution in [0.1, 0.15) is 32.2 Å². The highest BCUT2D eigenvalue weighted by molar-refractivity contribution is 6.29. The molecule has 1 aromatic carbocycles. The predicted octanol–water partition coefficient (Wildman–Crippen LogP) is 3.73. The van der Waals surface area contributed by atoms with Crippen LogP contribution < -0.4 is 5.32 Å². The van der Waals surface area contributed by atoms with E-state index in [-0.39, 0.29) is 29.3 Å². The van der Waals surface area contributed by atoms with Gasteiger partial charge in [-0.25, -0.2) is 0 Å². The number of hydrogen-bond donors (Lipinski definition) is 1. The number of amides is 2. The Morgan fingerprint density at radius 2 is 1.85 bits per heavy atom. The maximum absolute atomic E-state index is 12.8. The second kappa shape index (κ2) is 7.93. The number of halogens is 1. The van der Waals surface area contributed by atoms with Crippen molar-refractivity contribution in [1.29, 1.82) is 0 Å². The van der Waals surface area contributed by atoms with Crippen molar-refractivity contribution in [3.8, 4) is 0 Å². The molecule has 134 valence electrons. The number of hydrogen-bond acceptors (Lipinski definition) is 4. The average Bonchev–Trinajstić information content (AvgIpc) is 3.32. The lowest BCUT2D eigenvalue weighted by Gasteiger charge is -2.21. The SMILES string of the molecule is CNC(=O)c1ccc(CN(Cc2ccco2)C(=O)c2ccc(Cl)o2)cc1. The van der Waals surface area contributed by atoms with Crippen molar-refractivity contribution in [2.45, 2.75) is 13.1 Å². The summed E-state index contributed by atoms with van der Waals surface area (Å²) in [5, 5.41) is 2.73. The average molecular weight is 373 g/mol. The molecule has 3 aromatic rings. The molecule has 2 heterocycles. The van der Waals surface area contributed by atoms with Crippen LogP contribution in [-0.2, 0) is 13.1 Å². The van der Waals surface area contributed by atoms with Gasteiger partial charge < -0.3 is 19.1 Å². The molecule has 0 aliphatic carbocycles. The van der Waals surface area contributed by atoms with Crippen molar-refractivity contribution in [1.82, 2.24) is 10.2 Å². The largest absolute Gasteiger partial charge is 0.467 e. The van der Waals surface area contributed by atoms with Crippen molar-refractivity contribution in [2.24, 2.45) is 0 Å². The Labute approximate surface area is 155 Å². The van der Waals surface area contributed by atoms with Crippen LogP contribution in [0.2, 0.25) is 5.22 Å². The summed E-state index contributed by atoms with van der Waals surface area (Å²) in [5.74, 6) is 0.343. The molecular formula is C19H17ClN2O4. The van der Waals surface area contributed by atoms with E-state index in [4.69, 9.17) is 20.4 Å². The zero-order valence-corrected chi connectivity index (χ0v) is 14.8. The summed E-state index contributed by atoms with van der Waals surface area (Å²) in [5.41, 5.74) is 1.42. The summed E-state index contributed by atoms with van der Waals surface area (Å²) in [6.07, 6.45) is 1.56. The Bertz CT molecular complexity index is 885. The Morgan fingerprint density at radius 1 is 1.08 bits per heavy atom. The lowest BCUT2D eigenvalue weighted by molar-refractivity contribution is 0.0685. The maximum atomic E-state index is 12.8. The van der Waals surface area contributed by atoms with E-state index in [1.807, 2.05) is 12.1 Å². The van der Waals surface area contributed by atoms with E-state index in [0.29, 0.717) is 17.9 Å². The lowest BCUT2D eigenvalue weighted by Crippen LogP contribution is -2.29. The molecule has 26 heavy (non-hydrogen) atoms. The van der Waals surface area contributed by atoms with Gasteiger partial charge in [-0.15, -0.1) is 0 Å². The van der Waals surface area contributed by atoms with Gasteiger partial charge in [-0.05, 0) is 53.6 Å². The molecule has 0 saturated carbocycles. The summed E-state index contributed by atoms with van der Waals surface area (Å²) in [7, 11) is 1.58. The summed E-state index contributed by atoms with van der Waals surface area (Å²) in [4.78, 5) is 26.0. The molecule has 0 saturated heterocycles. The molecule has 0 aliphatic heterocycles. The van der Waals surface area contributed by atoms with Gasteiger partial charge in [-0.1, -0.05) is 12.1 Å². The Kier molecular flexibility index (Phi) is 5.43. The number of carbonyl (C=O) groups excluding carboxylic acids is 2. The minimum absolute atomic E-state index is 0.154. The van der Waals surface area contributed by atoms with E-state index in [9.17, 15) is 9.59 Å². The third kappa shape index (κ3) is 4.15. The van der Waals surface area contributed by atoms with Gasteiger partial charge in [0, 0.05) is 19.2 Å². The first-order chi connectivity index (χ1) is 12.6. The second-order valence-corrected chi connectivity index (χ2v) is 5.99. The van der Waals surface area contributed by atoms with Crippen LogP contribution in [0.15, 0.2) is 63.6 Å². The molecule has 0 aliphatic rings. The molecule has 0 unspecified atom stereocenters. The first-order valence-electron chi connectivity index (χ1n) is 7.95. The van der Waals surface area contributed by atoms with Crippen LogP contribution in [-0.4, -0.2) is 23.8 Å². The van der Waals surface area contributed by atoms with E-state index in [1.165, 1.54) is 12.1 Å². The topological polar surface area (TPSA) is 75.7 Å². The summed E-state index contributed by atoms with van der Waals surface area (Å²) in [6, 6.07) is 13.7. The van der Waals surface area contributed by atoms with Crippen LogP contribution in [0.5, 0.6) is 0 Å². The molecule has 1 N–H and O–H groups in total. The molecule has 0 atom stereocenters. The monoisotopic (exact) mass is 372 g/mol. The van der Waals surface area contributed by atoms with Crippen molar-refractivity contribution >= 4 is 23.4 Å². The Morgan fingerprint density at radius 3 is 2.42 bits per heavy atom. The van der Waals surface area contributed by atoms with Gasteiger partial charge in [-0.2, -0.15) is 0 Å². The molecule has 7 heteroatoms. The van der Waals surface area contributed by atoms with E-state index < -0.39 is 0 Å². The summed E-state index contributed by atoms with van der Waals surface area (Å²) >= 11 is 5.78. The summed E-state index contributed by atoms with van der Waals surface area (Å²) < 4.78 is 10.6. The van der Waals surface area contributed by atoms with Gasteiger partial charge >= 0.3 is 0 Å². The fourth-order valence-corrected chi connectivity index (χ4v) is 2.65. The molecule has 0 bridgehead atoms.